The third-order valence-corrected chi connectivity index (χ3v) is 3.52. The summed E-state index contributed by atoms with van der Waals surface area (Å²) in [7, 11) is 0. The maximum absolute atomic E-state index is 5.70. The summed E-state index contributed by atoms with van der Waals surface area (Å²) in [6.45, 7) is 10.8. The predicted molar refractivity (Wildman–Crippen MR) is 79.0 cm³/mol. The largest absolute Gasteiger partial charge is 0.468 e. The Labute approximate surface area is 117 Å². The van der Waals surface area contributed by atoms with Crippen LogP contribution in [-0.2, 0) is 13.1 Å². The van der Waals surface area contributed by atoms with Crippen LogP contribution in [0.4, 0.5) is 0 Å². The van der Waals surface area contributed by atoms with Crippen LogP contribution in [0.3, 0.4) is 0 Å². The van der Waals surface area contributed by atoms with Crippen LogP contribution in [0.25, 0.3) is 0 Å². The molecule has 0 amide bonds. The predicted octanol–water partition coefficient (Wildman–Crippen LogP) is 3.40. The monoisotopic (exact) mass is 264 g/mol. The third-order valence-electron chi connectivity index (χ3n) is 3.52. The Balaban J connectivity index is 1.79. The van der Waals surface area contributed by atoms with E-state index in [2.05, 4.69) is 37.1 Å². The van der Waals surface area contributed by atoms with Crippen molar-refractivity contribution in [3.63, 3.8) is 0 Å². The number of rotatable bonds is 9. The molecular formula is C16H28N2O. The van der Waals surface area contributed by atoms with Crippen molar-refractivity contribution in [1.82, 2.24) is 10.2 Å². The topological polar surface area (TPSA) is 28.4 Å². The van der Waals surface area contributed by atoms with E-state index >= 15 is 0 Å². The van der Waals surface area contributed by atoms with Gasteiger partial charge in [0.25, 0.3) is 0 Å². The summed E-state index contributed by atoms with van der Waals surface area (Å²) in [5, 5.41) is 3.45. The van der Waals surface area contributed by atoms with Crippen LogP contribution in [0.15, 0.2) is 16.7 Å². The van der Waals surface area contributed by atoms with Crippen molar-refractivity contribution in [2.75, 3.05) is 13.1 Å². The first-order valence-corrected chi connectivity index (χ1v) is 7.70. The van der Waals surface area contributed by atoms with Gasteiger partial charge in [-0.2, -0.15) is 0 Å². The highest BCUT2D eigenvalue weighted by atomic mass is 16.3. The molecule has 1 heterocycles. The van der Waals surface area contributed by atoms with E-state index in [1.165, 1.54) is 31.4 Å². The lowest BCUT2D eigenvalue weighted by Gasteiger charge is -2.19. The first kappa shape index (κ1) is 14.6. The molecule has 1 saturated carbocycles. The molecule has 108 valence electrons. The van der Waals surface area contributed by atoms with Crippen molar-refractivity contribution >= 4 is 0 Å². The van der Waals surface area contributed by atoms with Gasteiger partial charge >= 0.3 is 0 Å². The maximum atomic E-state index is 5.70. The Hall–Kier alpha value is -0.800. The summed E-state index contributed by atoms with van der Waals surface area (Å²) >= 11 is 0. The third kappa shape index (κ3) is 5.00. The molecule has 1 aliphatic rings. The molecule has 19 heavy (non-hydrogen) atoms. The summed E-state index contributed by atoms with van der Waals surface area (Å²) in [5.41, 5.74) is 1.27. The molecule has 1 aromatic rings. The molecule has 3 nitrogen and oxygen atoms in total. The SMILES string of the molecule is CCCN(Cc1cc(CNCC(C)C)co1)C1CC1. The Morgan fingerprint density at radius 3 is 2.84 bits per heavy atom. The second-order valence-corrected chi connectivity index (χ2v) is 6.15. The zero-order valence-corrected chi connectivity index (χ0v) is 12.6. The van der Waals surface area contributed by atoms with E-state index in [9.17, 15) is 0 Å². The fourth-order valence-corrected chi connectivity index (χ4v) is 2.42. The molecule has 1 aromatic heterocycles. The molecule has 0 aromatic carbocycles. The van der Waals surface area contributed by atoms with E-state index in [1.54, 1.807) is 0 Å². The molecule has 0 unspecified atom stereocenters. The number of hydrogen-bond acceptors (Lipinski definition) is 3. The second kappa shape index (κ2) is 7.11. The van der Waals surface area contributed by atoms with Crippen molar-refractivity contribution in [2.45, 2.75) is 59.2 Å². The van der Waals surface area contributed by atoms with Crippen LogP contribution >= 0.6 is 0 Å². The molecule has 0 aliphatic heterocycles. The van der Waals surface area contributed by atoms with E-state index in [4.69, 9.17) is 4.42 Å². The molecule has 0 saturated heterocycles. The van der Waals surface area contributed by atoms with Crippen molar-refractivity contribution in [3.8, 4) is 0 Å². The molecule has 1 aliphatic carbocycles. The van der Waals surface area contributed by atoms with Crippen molar-refractivity contribution in [2.24, 2.45) is 5.92 Å². The highest BCUT2D eigenvalue weighted by Gasteiger charge is 2.28. The van der Waals surface area contributed by atoms with Gasteiger partial charge in [0, 0.05) is 18.2 Å². The van der Waals surface area contributed by atoms with Gasteiger partial charge in [0.1, 0.15) is 5.76 Å². The number of nitrogens with one attached hydrogen (secondary N) is 1. The first-order valence-electron chi connectivity index (χ1n) is 7.70. The first-order chi connectivity index (χ1) is 9.19. The van der Waals surface area contributed by atoms with E-state index in [0.29, 0.717) is 5.92 Å². The molecule has 0 bridgehead atoms. The summed E-state index contributed by atoms with van der Waals surface area (Å²) in [6.07, 6.45) is 5.85. The fraction of sp³-hybridized carbons (Fsp3) is 0.750. The molecular weight excluding hydrogens is 236 g/mol. The van der Waals surface area contributed by atoms with Gasteiger partial charge in [0.15, 0.2) is 0 Å². The Bertz CT molecular complexity index is 369. The van der Waals surface area contributed by atoms with Gasteiger partial charge in [-0.3, -0.25) is 4.90 Å². The van der Waals surface area contributed by atoms with Gasteiger partial charge in [-0.15, -0.1) is 0 Å². The van der Waals surface area contributed by atoms with Gasteiger partial charge < -0.3 is 9.73 Å². The van der Waals surface area contributed by atoms with Gasteiger partial charge in [-0.1, -0.05) is 20.8 Å². The van der Waals surface area contributed by atoms with Crippen LogP contribution in [0.2, 0.25) is 0 Å². The van der Waals surface area contributed by atoms with E-state index in [-0.39, 0.29) is 0 Å². The van der Waals surface area contributed by atoms with Gasteiger partial charge in [-0.05, 0) is 44.3 Å². The molecule has 0 spiro atoms. The highest BCUT2D eigenvalue weighted by molar-refractivity contribution is 5.13. The second-order valence-electron chi connectivity index (χ2n) is 6.15. The quantitative estimate of drug-likeness (QED) is 0.741. The van der Waals surface area contributed by atoms with Gasteiger partial charge in [0.05, 0.1) is 12.8 Å². The van der Waals surface area contributed by atoms with Crippen LogP contribution in [0.1, 0.15) is 51.4 Å². The number of nitrogens with zero attached hydrogens (tertiary/aromatic N) is 1. The average molecular weight is 264 g/mol. The number of hydrogen-bond donors (Lipinski definition) is 1. The zero-order chi connectivity index (χ0) is 13.7. The summed E-state index contributed by atoms with van der Waals surface area (Å²) in [5.74, 6) is 1.81. The minimum Gasteiger partial charge on any atom is -0.468 e. The Kier molecular flexibility index (Phi) is 5.46. The maximum Gasteiger partial charge on any atom is 0.118 e. The molecule has 2 rings (SSSR count). The average Bonchev–Trinajstić information content (AvgIpc) is 3.11. The molecule has 0 atom stereocenters. The minimum atomic E-state index is 0.696. The van der Waals surface area contributed by atoms with Crippen molar-refractivity contribution in [3.05, 3.63) is 23.7 Å². The Morgan fingerprint density at radius 1 is 1.42 bits per heavy atom. The summed E-state index contributed by atoms with van der Waals surface area (Å²) in [4.78, 5) is 2.56. The van der Waals surface area contributed by atoms with Crippen molar-refractivity contribution < 1.29 is 4.42 Å². The molecule has 0 radical (unpaired) electrons. The van der Waals surface area contributed by atoms with Crippen molar-refractivity contribution in [1.29, 1.82) is 0 Å². The van der Waals surface area contributed by atoms with Gasteiger partial charge in [0.2, 0.25) is 0 Å². The minimum absolute atomic E-state index is 0.696. The lowest BCUT2D eigenvalue weighted by atomic mass is 10.2. The van der Waals surface area contributed by atoms with Gasteiger partial charge in [-0.25, -0.2) is 0 Å². The summed E-state index contributed by atoms with van der Waals surface area (Å²) < 4.78 is 5.70. The van der Waals surface area contributed by atoms with E-state index in [0.717, 1.165) is 31.4 Å². The van der Waals surface area contributed by atoms with Crippen LogP contribution in [0.5, 0.6) is 0 Å². The zero-order valence-electron chi connectivity index (χ0n) is 12.6. The van der Waals surface area contributed by atoms with Crippen LogP contribution in [0, 0.1) is 5.92 Å². The molecule has 1 fully saturated rings. The lowest BCUT2D eigenvalue weighted by molar-refractivity contribution is 0.234. The van der Waals surface area contributed by atoms with Crippen LogP contribution in [-0.4, -0.2) is 24.0 Å². The smallest absolute Gasteiger partial charge is 0.118 e. The van der Waals surface area contributed by atoms with Crippen LogP contribution < -0.4 is 5.32 Å². The highest BCUT2D eigenvalue weighted by Crippen LogP contribution is 2.28. The van der Waals surface area contributed by atoms with E-state index in [1.807, 2.05) is 6.26 Å². The normalized spacial score (nSPS) is 15.6. The summed E-state index contributed by atoms with van der Waals surface area (Å²) in [6, 6.07) is 3.02. The standard InChI is InChI=1S/C16H28N2O/c1-4-7-18(15-5-6-15)11-16-8-14(12-19-16)10-17-9-13(2)3/h8,12-13,15,17H,4-7,9-11H2,1-3H3. The van der Waals surface area contributed by atoms with E-state index < -0.39 is 0 Å². The lowest BCUT2D eigenvalue weighted by Crippen LogP contribution is -2.26. The molecule has 3 heteroatoms. The Morgan fingerprint density at radius 2 is 2.21 bits per heavy atom. The fourth-order valence-electron chi connectivity index (χ4n) is 2.42. The molecule has 1 N–H and O–H groups in total. The number of furan rings is 1.